The Morgan fingerprint density at radius 3 is 2.67 bits per heavy atom. The summed E-state index contributed by atoms with van der Waals surface area (Å²) in [7, 11) is 0. The molecule has 3 nitrogen and oxygen atoms in total. The summed E-state index contributed by atoms with van der Waals surface area (Å²) in [6.07, 6.45) is 8.70. The van der Waals surface area contributed by atoms with Crippen LogP contribution in [0.5, 0.6) is 5.75 Å². The SMILES string of the molecule is CC=CCOc1ccc(-c2nnc(CCCCC)s2)cc1. The number of nitrogens with zero attached hydrogens (tertiary/aromatic N) is 2. The number of hydrogen-bond acceptors (Lipinski definition) is 4. The zero-order valence-electron chi connectivity index (χ0n) is 12.7. The minimum absolute atomic E-state index is 0.607. The molecule has 0 N–H and O–H groups in total. The Hall–Kier alpha value is -1.68. The predicted molar refractivity (Wildman–Crippen MR) is 88.9 cm³/mol. The van der Waals surface area contributed by atoms with E-state index in [1.54, 1.807) is 11.3 Å². The van der Waals surface area contributed by atoms with Gasteiger partial charge in [-0.05, 0) is 37.6 Å². The van der Waals surface area contributed by atoms with E-state index in [2.05, 4.69) is 17.1 Å². The molecule has 21 heavy (non-hydrogen) atoms. The highest BCUT2D eigenvalue weighted by Gasteiger charge is 2.06. The third-order valence-electron chi connectivity index (χ3n) is 3.14. The third-order valence-corrected chi connectivity index (χ3v) is 4.18. The fourth-order valence-electron chi connectivity index (χ4n) is 1.93. The Bertz CT molecular complexity index is 560. The summed E-state index contributed by atoms with van der Waals surface area (Å²) in [6, 6.07) is 8.05. The van der Waals surface area contributed by atoms with Crippen LogP contribution in [0.1, 0.15) is 38.1 Å². The number of ether oxygens (including phenoxy) is 1. The molecule has 0 bridgehead atoms. The van der Waals surface area contributed by atoms with E-state index in [-0.39, 0.29) is 0 Å². The molecule has 2 aromatic rings. The third kappa shape index (κ3) is 4.97. The van der Waals surface area contributed by atoms with Crippen molar-refractivity contribution in [2.24, 2.45) is 0 Å². The number of aryl methyl sites for hydroxylation is 1. The van der Waals surface area contributed by atoms with Crippen molar-refractivity contribution in [1.82, 2.24) is 10.2 Å². The summed E-state index contributed by atoms with van der Waals surface area (Å²) in [5.74, 6) is 0.879. The Kier molecular flexibility index (Phi) is 6.41. The van der Waals surface area contributed by atoms with E-state index < -0.39 is 0 Å². The van der Waals surface area contributed by atoms with Crippen molar-refractivity contribution in [1.29, 1.82) is 0 Å². The first-order chi connectivity index (χ1) is 10.3. The van der Waals surface area contributed by atoms with Crippen molar-refractivity contribution < 1.29 is 4.74 Å². The van der Waals surface area contributed by atoms with Crippen molar-refractivity contribution in [3.8, 4) is 16.3 Å². The van der Waals surface area contributed by atoms with E-state index in [9.17, 15) is 0 Å². The largest absolute Gasteiger partial charge is 0.490 e. The van der Waals surface area contributed by atoms with Crippen LogP contribution in [-0.4, -0.2) is 16.8 Å². The van der Waals surface area contributed by atoms with Crippen LogP contribution >= 0.6 is 11.3 Å². The van der Waals surface area contributed by atoms with Gasteiger partial charge in [0.15, 0.2) is 0 Å². The summed E-state index contributed by atoms with van der Waals surface area (Å²) < 4.78 is 5.59. The van der Waals surface area contributed by atoms with Crippen LogP contribution in [-0.2, 0) is 6.42 Å². The van der Waals surface area contributed by atoms with Gasteiger partial charge < -0.3 is 4.74 Å². The van der Waals surface area contributed by atoms with Gasteiger partial charge in [-0.2, -0.15) is 0 Å². The quantitative estimate of drug-likeness (QED) is 0.514. The number of aromatic nitrogens is 2. The molecule has 1 heterocycles. The maximum Gasteiger partial charge on any atom is 0.147 e. The van der Waals surface area contributed by atoms with Gasteiger partial charge in [0.1, 0.15) is 22.4 Å². The predicted octanol–water partition coefficient (Wildman–Crippen LogP) is 4.89. The topological polar surface area (TPSA) is 35.0 Å². The van der Waals surface area contributed by atoms with Gasteiger partial charge in [0.25, 0.3) is 0 Å². The Morgan fingerprint density at radius 2 is 1.95 bits per heavy atom. The fourth-order valence-corrected chi connectivity index (χ4v) is 2.82. The zero-order chi connectivity index (χ0) is 14.9. The van der Waals surface area contributed by atoms with E-state index in [1.165, 1.54) is 19.3 Å². The molecule has 0 radical (unpaired) electrons. The zero-order valence-corrected chi connectivity index (χ0v) is 13.5. The van der Waals surface area contributed by atoms with E-state index >= 15 is 0 Å². The van der Waals surface area contributed by atoms with Crippen LogP contribution in [0.2, 0.25) is 0 Å². The number of hydrogen-bond donors (Lipinski definition) is 0. The smallest absolute Gasteiger partial charge is 0.147 e. The van der Waals surface area contributed by atoms with Crippen molar-refractivity contribution in [3.63, 3.8) is 0 Å². The molecule has 0 amide bonds. The second kappa shape index (κ2) is 8.57. The van der Waals surface area contributed by atoms with Gasteiger partial charge in [0.05, 0.1) is 0 Å². The minimum atomic E-state index is 0.607. The normalized spacial score (nSPS) is 11.1. The Labute approximate surface area is 130 Å². The molecule has 0 saturated heterocycles. The molecule has 0 aliphatic carbocycles. The number of rotatable bonds is 8. The molecule has 0 aliphatic heterocycles. The lowest BCUT2D eigenvalue weighted by molar-refractivity contribution is 0.363. The van der Waals surface area contributed by atoms with Crippen LogP contribution in [0.3, 0.4) is 0 Å². The molecule has 4 heteroatoms. The number of benzene rings is 1. The molecule has 0 spiro atoms. The van der Waals surface area contributed by atoms with Crippen LogP contribution in [0.15, 0.2) is 36.4 Å². The molecule has 0 fully saturated rings. The van der Waals surface area contributed by atoms with Gasteiger partial charge in [-0.25, -0.2) is 0 Å². The van der Waals surface area contributed by atoms with Crippen LogP contribution in [0.4, 0.5) is 0 Å². The van der Waals surface area contributed by atoms with E-state index in [0.29, 0.717) is 6.61 Å². The maximum atomic E-state index is 5.59. The summed E-state index contributed by atoms with van der Waals surface area (Å²) in [4.78, 5) is 0. The number of unbranched alkanes of at least 4 members (excludes halogenated alkanes) is 2. The first kappa shape index (κ1) is 15.7. The van der Waals surface area contributed by atoms with Crippen LogP contribution < -0.4 is 4.74 Å². The standard InChI is InChI=1S/C17H22N2OS/c1-3-5-7-8-16-18-19-17(21-16)14-9-11-15(12-10-14)20-13-6-4-2/h4,6,9-12H,3,5,7-8,13H2,1-2H3. The molecule has 112 valence electrons. The number of allylic oxidation sites excluding steroid dienone is 1. The first-order valence-electron chi connectivity index (χ1n) is 7.50. The van der Waals surface area contributed by atoms with Crippen molar-refractivity contribution >= 4 is 11.3 Å². The Morgan fingerprint density at radius 1 is 1.14 bits per heavy atom. The van der Waals surface area contributed by atoms with Gasteiger partial charge in [-0.3, -0.25) is 0 Å². The highest BCUT2D eigenvalue weighted by atomic mass is 32.1. The van der Waals surface area contributed by atoms with Crippen molar-refractivity contribution in [2.75, 3.05) is 6.61 Å². The molecule has 0 saturated carbocycles. The monoisotopic (exact) mass is 302 g/mol. The minimum Gasteiger partial charge on any atom is -0.490 e. The van der Waals surface area contributed by atoms with E-state index in [0.717, 1.165) is 27.7 Å². The highest BCUT2D eigenvalue weighted by Crippen LogP contribution is 2.26. The summed E-state index contributed by atoms with van der Waals surface area (Å²) in [6.45, 7) is 4.81. The molecule has 0 unspecified atom stereocenters. The Balaban J connectivity index is 1.95. The molecule has 0 atom stereocenters. The molecule has 1 aromatic heterocycles. The van der Waals surface area contributed by atoms with Crippen LogP contribution in [0.25, 0.3) is 10.6 Å². The van der Waals surface area contributed by atoms with E-state index in [4.69, 9.17) is 4.74 Å². The average Bonchev–Trinajstić information content (AvgIpc) is 2.97. The first-order valence-corrected chi connectivity index (χ1v) is 8.32. The van der Waals surface area contributed by atoms with Crippen molar-refractivity contribution in [3.05, 3.63) is 41.4 Å². The molecule has 1 aromatic carbocycles. The van der Waals surface area contributed by atoms with Crippen molar-refractivity contribution in [2.45, 2.75) is 39.5 Å². The van der Waals surface area contributed by atoms with Gasteiger partial charge in [-0.1, -0.05) is 43.3 Å². The highest BCUT2D eigenvalue weighted by molar-refractivity contribution is 7.14. The molecular formula is C17H22N2OS. The van der Waals surface area contributed by atoms with Gasteiger partial charge in [0, 0.05) is 12.0 Å². The fraction of sp³-hybridized carbons (Fsp3) is 0.412. The molecular weight excluding hydrogens is 280 g/mol. The molecule has 2 rings (SSSR count). The second-order valence-electron chi connectivity index (χ2n) is 4.86. The van der Waals surface area contributed by atoms with E-state index in [1.807, 2.05) is 43.3 Å². The summed E-state index contributed by atoms with van der Waals surface area (Å²) >= 11 is 1.69. The lowest BCUT2D eigenvalue weighted by Gasteiger charge is -2.03. The van der Waals surface area contributed by atoms with Gasteiger partial charge >= 0.3 is 0 Å². The average molecular weight is 302 g/mol. The van der Waals surface area contributed by atoms with Gasteiger partial charge in [-0.15, -0.1) is 10.2 Å². The lowest BCUT2D eigenvalue weighted by Crippen LogP contribution is -1.92. The summed E-state index contributed by atoms with van der Waals surface area (Å²) in [5, 5.41) is 10.7. The maximum absolute atomic E-state index is 5.59. The molecule has 0 aliphatic rings. The van der Waals surface area contributed by atoms with Gasteiger partial charge in [0.2, 0.25) is 0 Å². The second-order valence-corrected chi connectivity index (χ2v) is 5.92. The lowest BCUT2D eigenvalue weighted by atomic mass is 10.2. The van der Waals surface area contributed by atoms with Crippen LogP contribution in [0, 0.1) is 0 Å². The summed E-state index contributed by atoms with van der Waals surface area (Å²) in [5.41, 5.74) is 1.10.